The first-order valence-electron chi connectivity index (χ1n) is 9.78. The normalized spacial score (nSPS) is 12.1. The van der Waals surface area contributed by atoms with E-state index in [0.29, 0.717) is 11.6 Å². The van der Waals surface area contributed by atoms with Crippen molar-refractivity contribution in [3.8, 4) is 11.6 Å². The smallest absolute Gasteiger partial charge is 0.408 e. The van der Waals surface area contributed by atoms with Crippen LogP contribution in [0, 0.1) is 0 Å². The van der Waals surface area contributed by atoms with Crippen molar-refractivity contribution < 1.29 is 23.8 Å². The van der Waals surface area contributed by atoms with Crippen molar-refractivity contribution in [2.24, 2.45) is 0 Å². The van der Waals surface area contributed by atoms with Crippen LogP contribution in [-0.2, 0) is 20.7 Å². The molecule has 162 valence electrons. The molecule has 0 aliphatic carbocycles. The summed E-state index contributed by atoms with van der Waals surface area (Å²) in [5.74, 6) is 0.515. The van der Waals surface area contributed by atoms with E-state index in [0.717, 1.165) is 16.3 Å². The maximum absolute atomic E-state index is 12.1. The molecule has 0 fully saturated rings. The third-order valence-electron chi connectivity index (χ3n) is 4.28. The van der Waals surface area contributed by atoms with Crippen LogP contribution in [0.1, 0.15) is 26.3 Å². The van der Waals surface area contributed by atoms with Gasteiger partial charge in [0, 0.05) is 35.8 Å². The standard InChI is InChI=1S/C23H25N3O5/c1-23(2,3)31-22(28)26-19(21(27)29-4)13-15-5-7-17(8-6-15)30-20-18-10-11-24-14-16(18)9-12-25-20/h5-12,14,19H,13H2,1-4H3,(H,26,28). The first-order valence-corrected chi connectivity index (χ1v) is 9.78. The number of hydrogen-bond acceptors (Lipinski definition) is 7. The van der Waals surface area contributed by atoms with Crippen LogP contribution in [0.15, 0.2) is 55.0 Å². The number of aromatic nitrogens is 2. The van der Waals surface area contributed by atoms with Gasteiger partial charge in [-0.05, 0) is 50.6 Å². The van der Waals surface area contributed by atoms with Gasteiger partial charge in [-0.1, -0.05) is 12.1 Å². The number of amides is 1. The average molecular weight is 423 g/mol. The van der Waals surface area contributed by atoms with Crippen LogP contribution >= 0.6 is 0 Å². The summed E-state index contributed by atoms with van der Waals surface area (Å²) in [6.45, 7) is 5.25. The van der Waals surface area contributed by atoms with Crippen LogP contribution in [0.3, 0.4) is 0 Å². The lowest BCUT2D eigenvalue weighted by molar-refractivity contribution is -0.143. The van der Waals surface area contributed by atoms with E-state index >= 15 is 0 Å². The van der Waals surface area contributed by atoms with Crippen molar-refractivity contribution in [1.82, 2.24) is 15.3 Å². The van der Waals surface area contributed by atoms with Crippen LogP contribution in [0.4, 0.5) is 4.79 Å². The van der Waals surface area contributed by atoms with Crippen LogP contribution in [-0.4, -0.2) is 40.8 Å². The molecule has 1 N–H and O–H groups in total. The monoisotopic (exact) mass is 423 g/mol. The number of ether oxygens (including phenoxy) is 3. The summed E-state index contributed by atoms with van der Waals surface area (Å²) in [7, 11) is 1.27. The molecule has 0 bridgehead atoms. The predicted octanol–water partition coefficient (Wildman–Crippen LogP) is 4.03. The lowest BCUT2D eigenvalue weighted by Gasteiger charge is -2.22. The van der Waals surface area contributed by atoms with E-state index in [-0.39, 0.29) is 6.42 Å². The average Bonchev–Trinajstić information content (AvgIpc) is 2.73. The summed E-state index contributed by atoms with van der Waals surface area (Å²) < 4.78 is 16.0. The van der Waals surface area contributed by atoms with Gasteiger partial charge < -0.3 is 19.5 Å². The number of fused-ring (bicyclic) bond motifs is 1. The Balaban J connectivity index is 1.70. The molecule has 3 aromatic rings. The Morgan fingerprint density at radius 3 is 2.48 bits per heavy atom. The van der Waals surface area contributed by atoms with Crippen molar-refractivity contribution in [3.63, 3.8) is 0 Å². The zero-order valence-electron chi connectivity index (χ0n) is 17.9. The predicted molar refractivity (Wildman–Crippen MR) is 115 cm³/mol. The number of esters is 1. The zero-order valence-corrected chi connectivity index (χ0v) is 17.9. The number of nitrogens with one attached hydrogen (secondary N) is 1. The largest absolute Gasteiger partial charge is 0.467 e. The fraction of sp³-hybridized carbons (Fsp3) is 0.304. The minimum atomic E-state index is -0.876. The molecule has 1 aromatic carbocycles. The molecular formula is C23H25N3O5. The van der Waals surface area contributed by atoms with Crippen molar-refractivity contribution in [3.05, 3.63) is 60.6 Å². The molecule has 2 heterocycles. The molecule has 1 amide bonds. The molecule has 0 aliphatic rings. The highest BCUT2D eigenvalue weighted by atomic mass is 16.6. The minimum Gasteiger partial charge on any atom is -0.467 e. The number of nitrogens with zero attached hydrogens (tertiary/aromatic N) is 2. The number of rotatable bonds is 6. The number of benzene rings is 1. The Morgan fingerprint density at radius 1 is 1.06 bits per heavy atom. The highest BCUT2D eigenvalue weighted by Crippen LogP contribution is 2.27. The third kappa shape index (κ3) is 6.15. The second kappa shape index (κ2) is 9.42. The van der Waals surface area contributed by atoms with Gasteiger partial charge in [0.2, 0.25) is 5.88 Å². The van der Waals surface area contributed by atoms with Gasteiger partial charge in [-0.15, -0.1) is 0 Å². The molecule has 8 nitrogen and oxygen atoms in total. The third-order valence-corrected chi connectivity index (χ3v) is 4.28. The van der Waals surface area contributed by atoms with Gasteiger partial charge in [0.05, 0.1) is 7.11 Å². The van der Waals surface area contributed by atoms with E-state index in [1.807, 2.05) is 24.3 Å². The first kappa shape index (κ1) is 22.0. The summed E-state index contributed by atoms with van der Waals surface area (Å²) in [6.07, 6.45) is 4.66. The van der Waals surface area contributed by atoms with Gasteiger partial charge in [-0.3, -0.25) is 4.98 Å². The lowest BCUT2D eigenvalue weighted by Crippen LogP contribution is -2.45. The van der Waals surface area contributed by atoms with E-state index in [1.54, 1.807) is 51.5 Å². The molecule has 0 saturated heterocycles. The second-order valence-electron chi connectivity index (χ2n) is 7.89. The summed E-state index contributed by atoms with van der Waals surface area (Å²) in [4.78, 5) is 32.6. The fourth-order valence-electron chi connectivity index (χ4n) is 2.90. The molecule has 31 heavy (non-hydrogen) atoms. The highest BCUT2D eigenvalue weighted by Gasteiger charge is 2.25. The van der Waals surface area contributed by atoms with Crippen LogP contribution in [0.5, 0.6) is 11.6 Å². The second-order valence-corrected chi connectivity index (χ2v) is 7.89. The number of hydrogen-bond donors (Lipinski definition) is 1. The number of methoxy groups -OCH3 is 1. The molecule has 0 aliphatic heterocycles. The molecule has 1 unspecified atom stereocenters. The molecule has 0 saturated carbocycles. The van der Waals surface area contributed by atoms with Gasteiger partial charge >= 0.3 is 12.1 Å². The van der Waals surface area contributed by atoms with Crippen molar-refractivity contribution in [2.45, 2.75) is 38.8 Å². The van der Waals surface area contributed by atoms with Gasteiger partial charge in [0.25, 0.3) is 0 Å². The summed E-state index contributed by atoms with van der Waals surface area (Å²) in [5.41, 5.74) is 0.143. The molecule has 3 rings (SSSR count). The summed E-state index contributed by atoms with van der Waals surface area (Å²) >= 11 is 0. The first-order chi connectivity index (χ1) is 14.7. The van der Waals surface area contributed by atoms with E-state index in [4.69, 9.17) is 14.2 Å². The molecule has 0 radical (unpaired) electrons. The summed E-state index contributed by atoms with van der Waals surface area (Å²) in [6, 6.07) is 10.0. The molecule has 8 heteroatoms. The number of carbonyl (C=O) groups excluding carboxylic acids is 2. The van der Waals surface area contributed by atoms with E-state index < -0.39 is 23.7 Å². The fourth-order valence-corrected chi connectivity index (χ4v) is 2.90. The Bertz CT molecular complexity index is 1060. The van der Waals surface area contributed by atoms with E-state index in [9.17, 15) is 9.59 Å². The SMILES string of the molecule is COC(=O)C(Cc1ccc(Oc2nccc3cnccc23)cc1)NC(=O)OC(C)(C)C. The highest BCUT2D eigenvalue weighted by molar-refractivity contribution is 5.86. The Labute approximate surface area is 180 Å². The van der Waals surface area contributed by atoms with E-state index in [1.165, 1.54) is 7.11 Å². The number of carbonyl (C=O) groups is 2. The van der Waals surface area contributed by atoms with Crippen LogP contribution in [0.2, 0.25) is 0 Å². The Morgan fingerprint density at radius 2 is 1.81 bits per heavy atom. The van der Waals surface area contributed by atoms with Gasteiger partial charge in [-0.25, -0.2) is 14.6 Å². The Hall–Kier alpha value is -3.68. The quantitative estimate of drug-likeness (QED) is 0.598. The van der Waals surface area contributed by atoms with Gasteiger partial charge in [0.1, 0.15) is 17.4 Å². The summed E-state index contributed by atoms with van der Waals surface area (Å²) in [5, 5.41) is 4.35. The lowest BCUT2D eigenvalue weighted by atomic mass is 10.1. The number of alkyl carbamates (subject to hydrolysis) is 1. The molecular weight excluding hydrogens is 398 g/mol. The van der Waals surface area contributed by atoms with Crippen LogP contribution in [0.25, 0.3) is 10.8 Å². The van der Waals surface area contributed by atoms with Crippen molar-refractivity contribution in [1.29, 1.82) is 0 Å². The molecule has 2 aromatic heterocycles. The van der Waals surface area contributed by atoms with Crippen molar-refractivity contribution >= 4 is 22.8 Å². The maximum Gasteiger partial charge on any atom is 0.408 e. The number of pyridine rings is 2. The van der Waals surface area contributed by atoms with Gasteiger partial charge in [-0.2, -0.15) is 0 Å². The molecule has 0 spiro atoms. The van der Waals surface area contributed by atoms with Crippen LogP contribution < -0.4 is 10.1 Å². The van der Waals surface area contributed by atoms with Crippen molar-refractivity contribution in [2.75, 3.05) is 7.11 Å². The van der Waals surface area contributed by atoms with Gasteiger partial charge in [0.15, 0.2) is 0 Å². The zero-order chi connectivity index (χ0) is 22.4. The van der Waals surface area contributed by atoms with E-state index in [2.05, 4.69) is 15.3 Å². The maximum atomic E-state index is 12.1. The topological polar surface area (TPSA) is 99.6 Å². The Kier molecular flexibility index (Phi) is 6.69. The molecule has 1 atom stereocenters. The minimum absolute atomic E-state index is 0.240.